The van der Waals surface area contributed by atoms with Gasteiger partial charge in [0, 0.05) is 6.54 Å². The van der Waals surface area contributed by atoms with Gasteiger partial charge in [0.1, 0.15) is 11.1 Å². The first kappa shape index (κ1) is 15.8. The van der Waals surface area contributed by atoms with Crippen LogP contribution in [0.1, 0.15) is 48.0 Å². The molecule has 1 heterocycles. The summed E-state index contributed by atoms with van der Waals surface area (Å²) in [4.78, 5) is 25.8. The normalized spacial score (nSPS) is 26.2. The first-order chi connectivity index (χ1) is 8.41. The number of hydrogen-bond donors (Lipinski definition) is 0. The first-order valence-corrected chi connectivity index (χ1v) is 6.50. The van der Waals surface area contributed by atoms with Crippen LogP contribution in [0.15, 0.2) is 0 Å². The molecule has 0 aromatic carbocycles. The molecule has 1 saturated heterocycles. The van der Waals surface area contributed by atoms with E-state index in [0.717, 1.165) is 0 Å². The third-order valence-electron chi connectivity index (χ3n) is 3.24. The number of hydrogen-bond acceptors (Lipinski definition) is 4. The molecule has 1 rings (SSSR count). The van der Waals surface area contributed by atoms with E-state index in [4.69, 9.17) is 9.47 Å². The fraction of sp³-hybridized carbons (Fsp3) is 0.857. The van der Waals surface area contributed by atoms with Crippen LogP contribution in [0.5, 0.6) is 0 Å². The summed E-state index contributed by atoms with van der Waals surface area (Å²) in [6.07, 6.45) is 0.0947. The highest BCUT2D eigenvalue weighted by Crippen LogP contribution is 2.42. The first-order valence-electron chi connectivity index (χ1n) is 6.50. The second-order valence-corrected chi connectivity index (χ2v) is 7.17. The number of amides is 1. The molecule has 0 aliphatic carbocycles. The number of likely N-dealkylation sites (tertiary alicyclic amines) is 1. The summed E-state index contributed by atoms with van der Waals surface area (Å²) in [6, 6.07) is 0. The van der Waals surface area contributed by atoms with E-state index in [-0.39, 0.29) is 5.41 Å². The summed E-state index contributed by atoms with van der Waals surface area (Å²) in [7, 11) is 1.34. The molecule has 0 spiro atoms. The van der Waals surface area contributed by atoms with Gasteiger partial charge in [-0.3, -0.25) is 4.90 Å². The van der Waals surface area contributed by atoms with Gasteiger partial charge in [0.2, 0.25) is 0 Å². The van der Waals surface area contributed by atoms with Crippen molar-refractivity contribution < 1.29 is 19.1 Å². The number of nitrogens with zero attached hydrogens (tertiary/aromatic N) is 1. The number of ether oxygens (including phenoxy) is 2. The molecule has 5 nitrogen and oxygen atoms in total. The van der Waals surface area contributed by atoms with E-state index in [1.54, 1.807) is 6.92 Å². The van der Waals surface area contributed by atoms with Crippen LogP contribution in [-0.2, 0) is 14.3 Å². The lowest BCUT2D eigenvalue weighted by Gasteiger charge is -2.33. The predicted molar refractivity (Wildman–Crippen MR) is 71.8 cm³/mol. The molecule has 1 aliphatic rings. The van der Waals surface area contributed by atoms with Crippen LogP contribution in [0.4, 0.5) is 4.79 Å². The van der Waals surface area contributed by atoms with Gasteiger partial charge in [0.25, 0.3) is 0 Å². The van der Waals surface area contributed by atoms with Gasteiger partial charge in [-0.15, -0.1) is 0 Å². The molecule has 5 heteroatoms. The Hall–Kier alpha value is -1.26. The molecule has 0 bridgehead atoms. The van der Waals surface area contributed by atoms with E-state index in [0.29, 0.717) is 13.0 Å². The zero-order valence-electron chi connectivity index (χ0n) is 13.0. The van der Waals surface area contributed by atoms with Crippen LogP contribution in [-0.4, -0.2) is 41.8 Å². The van der Waals surface area contributed by atoms with Crippen molar-refractivity contribution in [2.45, 2.75) is 59.1 Å². The third kappa shape index (κ3) is 3.39. The Kier molecular flexibility index (Phi) is 3.90. The lowest BCUT2D eigenvalue weighted by atomic mass is 9.85. The Bertz CT molecular complexity index is 383. The van der Waals surface area contributed by atoms with Gasteiger partial charge >= 0.3 is 12.1 Å². The van der Waals surface area contributed by atoms with Crippen LogP contribution < -0.4 is 0 Å². The molecule has 0 aromatic heterocycles. The van der Waals surface area contributed by atoms with Crippen LogP contribution in [0.25, 0.3) is 0 Å². The lowest BCUT2D eigenvalue weighted by molar-refractivity contribution is -0.152. The number of carbonyl (C=O) groups excluding carboxylic acids is 2. The van der Waals surface area contributed by atoms with Crippen LogP contribution >= 0.6 is 0 Å². The number of carbonyl (C=O) groups is 2. The van der Waals surface area contributed by atoms with Crippen molar-refractivity contribution in [2.24, 2.45) is 5.41 Å². The average Bonchev–Trinajstić information content (AvgIpc) is 2.46. The van der Waals surface area contributed by atoms with Gasteiger partial charge in [-0.2, -0.15) is 0 Å². The van der Waals surface area contributed by atoms with Crippen molar-refractivity contribution in [1.29, 1.82) is 0 Å². The highest BCUT2D eigenvalue weighted by Gasteiger charge is 2.54. The maximum absolute atomic E-state index is 12.3. The predicted octanol–water partition coefficient (Wildman–Crippen LogP) is 2.59. The van der Waals surface area contributed by atoms with Crippen LogP contribution in [0.2, 0.25) is 0 Å². The van der Waals surface area contributed by atoms with Crippen LogP contribution in [0.3, 0.4) is 0 Å². The Morgan fingerprint density at radius 1 is 1.16 bits per heavy atom. The second kappa shape index (κ2) is 4.69. The highest BCUT2D eigenvalue weighted by molar-refractivity contribution is 5.86. The summed E-state index contributed by atoms with van der Waals surface area (Å²) in [5, 5.41) is 0. The Balaban J connectivity index is 3.02. The SMILES string of the molecule is COC(=O)[C@@]1(C)CC(C)(C)CN1C(=O)OC(C)(C)C. The summed E-state index contributed by atoms with van der Waals surface area (Å²) in [6.45, 7) is 11.7. The Morgan fingerprint density at radius 2 is 1.68 bits per heavy atom. The fourth-order valence-corrected chi connectivity index (χ4v) is 2.67. The van der Waals surface area contributed by atoms with E-state index in [2.05, 4.69) is 0 Å². The largest absolute Gasteiger partial charge is 0.467 e. The molecule has 1 amide bonds. The van der Waals surface area contributed by atoms with Gasteiger partial charge in [0.15, 0.2) is 0 Å². The summed E-state index contributed by atoms with van der Waals surface area (Å²) in [5.41, 5.74) is -1.68. The van der Waals surface area contributed by atoms with Gasteiger partial charge in [-0.25, -0.2) is 9.59 Å². The average molecular weight is 271 g/mol. The monoisotopic (exact) mass is 271 g/mol. The van der Waals surface area contributed by atoms with Gasteiger partial charge in [0.05, 0.1) is 7.11 Å². The molecule has 0 radical (unpaired) electrons. The fourth-order valence-electron chi connectivity index (χ4n) is 2.67. The van der Waals surface area contributed by atoms with E-state index < -0.39 is 23.2 Å². The molecule has 0 saturated carbocycles. The smallest absolute Gasteiger partial charge is 0.411 e. The Morgan fingerprint density at radius 3 is 2.11 bits per heavy atom. The molecule has 1 aliphatic heterocycles. The summed E-state index contributed by atoms with van der Waals surface area (Å²) < 4.78 is 10.2. The lowest BCUT2D eigenvalue weighted by Crippen LogP contribution is -2.52. The minimum absolute atomic E-state index is 0.139. The summed E-state index contributed by atoms with van der Waals surface area (Å²) >= 11 is 0. The zero-order valence-corrected chi connectivity index (χ0v) is 13.0. The van der Waals surface area contributed by atoms with E-state index in [1.807, 2.05) is 34.6 Å². The molecule has 1 atom stereocenters. The van der Waals surface area contributed by atoms with Crippen molar-refractivity contribution in [1.82, 2.24) is 4.90 Å². The van der Waals surface area contributed by atoms with Gasteiger partial charge < -0.3 is 9.47 Å². The molecule has 0 N–H and O–H groups in total. The standard InChI is InChI=1S/C14H25NO4/c1-12(2,3)19-11(17)15-9-13(4,5)8-14(15,6)10(16)18-7/h8-9H2,1-7H3/t14-/m1/s1. The number of methoxy groups -OCH3 is 1. The number of rotatable bonds is 1. The molecule has 0 aromatic rings. The van der Waals surface area contributed by atoms with Crippen molar-refractivity contribution >= 4 is 12.1 Å². The van der Waals surface area contributed by atoms with Gasteiger partial charge in [-0.05, 0) is 39.5 Å². The van der Waals surface area contributed by atoms with E-state index >= 15 is 0 Å². The molecular formula is C14H25NO4. The summed E-state index contributed by atoms with van der Waals surface area (Å²) in [5.74, 6) is -0.399. The molecule has 110 valence electrons. The number of esters is 1. The molecule has 0 unspecified atom stereocenters. The Labute approximate surface area is 115 Å². The molecular weight excluding hydrogens is 246 g/mol. The molecule has 19 heavy (non-hydrogen) atoms. The van der Waals surface area contributed by atoms with Crippen molar-refractivity contribution in [2.75, 3.05) is 13.7 Å². The van der Waals surface area contributed by atoms with E-state index in [9.17, 15) is 9.59 Å². The minimum atomic E-state index is -0.958. The molecule has 1 fully saturated rings. The van der Waals surface area contributed by atoms with Crippen molar-refractivity contribution in [3.05, 3.63) is 0 Å². The van der Waals surface area contributed by atoms with Gasteiger partial charge in [-0.1, -0.05) is 13.8 Å². The van der Waals surface area contributed by atoms with Crippen molar-refractivity contribution in [3.63, 3.8) is 0 Å². The quantitative estimate of drug-likeness (QED) is 0.688. The van der Waals surface area contributed by atoms with E-state index in [1.165, 1.54) is 12.0 Å². The second-order valence-electron chi connectivity index (χ2n) is 7.17. The third-order valence-corrected chi connectivity index (χ3v) is 3.24. The maximum Gasteiger partial charge on any atom is 0.411 e. The van der Waals surface area contributed by atoms with Crippen molar-refractivity contribution in [3.8, 4) is 0 Å². The minimum Gasteiger partial charge on any atom is -0.467 e. The topological polar surface area (TPSA) is 55.8 Å². The van der Waals surface area contributed by atoms with Crippen LogP contribution in [0, 0.1) is 5.41 Å². The highest BCUT2D eigenvalue weighted by atomic mass is 16.6. The maximum atomic E-state index is 12.3. The zero-order chi connectivity index (χ0) is 15.1.